The average Bonchev–Trinajstić information content (AvgIpc) is 3.05. The van der Waals surface area contributed by atoms with Crippen LogP contribution in [0.15, 0.2) is 10.8 Å². The Morgan fingerprint density at radius 2 is 2.33 bits per heavy atom. The van der Waals surface area contributed by atoms with Gasteiger partial charge < -0.3 is 19.5 Å². The molecule has 1 aliphatic heterocycles. The van der Waals surface area contributed by atoms with E-state index in [1.54, 1.807) is 26.0 Å². The molecule has 0 saturated carbocycles. The number of aryl methyl sites for hydroxylation is 1. The van der Waals surface area contributed by atoms with Crippen LogP contribution < -0.4 is 5.32 Å². The van der Waals surface area contributed by atoms with Crippen LogP contribution in [0.1, 0.15) is 35.3 Å². The molecule has 0 bridgehead atoms. The summed E-state index contributed by atoms with van der Waals surface area (Å²) in [6.07, 6.45) is 3.17. The summed E-state index contributed by atoms with van der Waals surface area (Å²) >= 11 is 0. The van der Waals surface area contributed by atoms with Crippen LogP contribution in [0, 0.1) is 6.92 Å². The monoisotopic (exact) mass is 295 g/mol. The first-order valence-electron chi connectivity index (χ1n) is 6.96. The Morgan fingerprint density at radius 3 is 2.90 bits per heavy atom. The molecule has 0 aromatic carbocycles. The highest BCUT2D eigenvalue weighted by Gasteiger charge is 2.45. The molecule has 21 heavy (non-hydrogen) atoms. The van der Waals surface area contributed by atoms with E-state index in [1.807, 2.05) is 0 Å². The van der Waals surface area contributed by atoms with Crippen LogP contribution in [-0.2, 0) is 9.53 Å². The molecule has 7 heteroatoms. The van der Waals surface area contributed by atoms with Crippen LogP contribution in [0.2, 0.25) is 0 Å². The minimum Gasteiger partial charge on any atom is -0.382 e. The van der Waals surface area contributed by atoms with Gasteiger partial charge in [0.15, 0.2) is 0 Å². The van der Waals surface area contributed by atoms with Crippen LogP contribution in [0.4, 0.5) is 0 Å². The molecule has 1 aliphatic rings. The second kappa shape index (κ2) is 6.26. The van der Waals surface area contributed by atoms with E-state index in [-0.39, 0.29) is 18.2 Å². The number of rotatable bonds is 5. The highest BCUT2D eigenvalue weighted by Crippen LogP contribution is 2.34. The molecule has 2 heterocycles. The lowest BCUT2D eigenvalue weighted by Gasteiger charge is -2.37. The van der Waals surface area contributed by atoms with Gasteiger partial charge in [-0.15, -0.1) is 0 Å². The smallest absolute Gasteiger partial charge is 0.259 e. The lowest BCUT2D eigenvalue weighted by Crippen LogP contribution is -2.52. The first-order chi connectivity index (χ1) is 10.0. The number of amides is 2. The van der Waals surface area contributed by atoms with Crippen molar-refractivity contribution in [1.29, 1.82) is 0 Å². The number of methoxy groups -OCH3 is 1. The first-order valence-corrected chi connectivity index (χ1v) is 6.96. The summed E-state index contributed by atoms with van der Waals surface area (Å²) in [4.78, 5) is 26.3. The fraction of sp³-hybridized carbons (Fsp3) is 0.643. The molecule has 1 unspecified atom stereocenters. The van der Waals surface area contributed by atoms with Crippen LogP contribution in [-0.4, -0.2) is 54.7 Å². The summed E-state index contributed by atoms with van der Waals surface area (Å²) in [6, 6.07) is 0. The summed E-state index contributed by atoms with van der Waals surface area (Å²) in [5, 5.41) is 6.36. The maximum atomic E-state index is 12.7. The van der Waals surface area contributed by atoms with Gasteiger partial charge in [0.05, 0.1) is 24.3 Å². The van der Waals surface area contributed by atoms with Gasteiger partial charge in [0.25, 0.3) is 5.91 Å². The van der Waals surface area contributed by atoms with Crippen molar-refractivity contribution < 1.29 is 18.8 Å². The zero-order chi connectivity index (χ0) is 15.5. The standard InChI is InChI=1S/C14H21N3O4/c1-10-11(8-21-16-10)13(19)17-6-4-5-14(17,9-20-3)7-12(18)15-2/h8H,4-7,9H2,1-3H3,(H,15,18). The second-order valence-corrected chi connectivity index (χ2v) is 5.38. The van der Waals surface area contributed by atoms with Crippen molar-refractivity contribution in [3.8, 4) is 0 Å². The normalized spacial score (nSPS) is 21.6. The van der Waals surface area contributed by atoms with Crippen molar-refractivity contribution in [2.45, 2.75) is 31.7 Å². The van der Waals surface area contributed by atoms with E-state index in [0.717, 1.165) is 12.8 Å². The number of aromatic nitrogens is 1. The van der Waals surface area contributed by atoms with Crippen molar-refractivity contribution >= 4 is 11.8 Å². The first kappa shape index (κ1) is 15.5. The minimum atomic E-state index is -0.602. The Morgan fingerprint density at radius 1 is 1.57 bits per heavy atom. The molecule has 2 amide bonds. The van der Waals surface area contributed by atoms with E-state index in [9.17, 15) is 9.59 Å². The number of nitrogens with zero attached hydrogens (tertiary/aromatic N) is 2. The summed E-state index contributed by atoms with van der Waals surface area (Å²) in [5.74, 6) is -0.263. The number of likely N-dealkylation sites (tertiary alicyclic amines) is 1. The van der Waals surface area contributed by atoms with Gasteiger partial charge in [-0.25, -0.2) is 0 Å². The molecule has 0 aliphatic carbocycles. The molecule has 1 saturated heterocycles. The predicted octanol–water partition coefficient (Wildman–Crippen LogP) is 0.740. The number of ether oxygens (including phenoxy) is 1. The average molecular weight is 295 g/mol. The van der Waals surface area contributed by atoms with Gasteiger partial charge in [0.2, 0.25) is 5.91 Å². The lowest BCUT2D eigenvalue weighted by atomic mass is 9.91. The fourth-order valence-corrected chi connectivity index (χ4v) is 2.94. The maximum Gasteiger partial charge on any atom is 0.259 e. The molecular weight excluding hydrogens is 274 g/mol. The molecule has 0 radical (unpaired) electrons. The molecule has 1 aromatic heterocycles. The molecule has 7 nitrogen and oxygen atoms in total. The van der Waals surface area contributed by atoms with Gasteiger partial charge in [-0.1, -0.05) is 5.16 Å². The Kier molecular flexibility index (Phi) is 4.62. The third kappa shape index (κ3) is 2.92. The lowest BCUT2D eigenvalue weighted by molar-refractivity contribution is -0.123. The van der Waals surface area contributed by atoms with E-state index >= 15 is 0 Å². The topological polar surface area (TPSA) is 84.7 Å². The van der Waals surface area contributed by atoms with Gasteiger partial charge in [0.1, 0.15) is 11.8 Å². The zero-order valence-electron chi connectivity index (χ0n) is 12.6. The van der Waals surface area contributed by atoms with Crippen molar-refractivity contribution in [2.75, 3.05) is 27.3 Å². The molecule has 0 spiro atoms. The number of carbonyl (C=O) groups excluding carboxylic acids is 2. The third-order valence-corrected chi connectivity index (χ3v) is 4.00. The Balaban J connectivity index is 2.29. The van der Waals surface area contributed by atoms with Gasteiger partial charge in [-0.2, -0.15) is 0 Å². The van der Waals surface area contributed by atoms with Gasteiger partial charge in [-0.3, -0.25) is 9.59 Å². The summed E-state index contributed by atoms with van der Waals surface area (Å²) in [7, 11) is 3.17. The second-order valence-electron chi connectivity index (χ2n) is 5.38. The number of carbonyl (C=O) groups is 2. The van der Waals surface area contributed by atoms with Crippen molar-refractivity contribution in [3.05, 3.63) is 17.5 Å². The van der Waals surface area contributed by atoms with Crippen LogP contribution >= 0.6 is 0 Å². The summed E-state index contributed by atoms with van der Waals surface area (Å²) in [6.45, 7) is 2.66. The molecule has 2 rings (SSSR count). The number of nitrogens with one attached hydrogen (secondary N) is 1. The van der Waals surface area contributed by atoms with Crippen molar-refractivity contribution in [1.82, 2.24) is 15.4 Å². The van der Waals surface area contributed by atoms with E-state index in [2.05, 4.69) is 10.5 Å². The summed E-state index contributed by atoms with van der Waals surface area (Å²) < 4.78 is 10.1. The van der Waals surface area contributed by atoms with Crippen LogP contribution in [0.3, 0.4) is 0 Å². The SMILES string of the molecule is CNC(=O)CC1(COC)CCCN1C(=O)c1conc1C. The van der Waals surface area contributed by atoms with Crippen molar-refractivity contribution in [3.63, 3.8) is 0 Å². The Labute approximate surface area is 123 Å². The highest BCUT2D eigenvalue weighted by atomic mass is 16.5. The molecule has 1 fully saturated rings. The third-order valence-electron chi connectivity index (χ3n) is 4.00. The van der Waals surface area contributed by atoms with Gasteiger partial charge in [-0.05, 0) is 19.8 Å². The maximum absolute atomic E-state index is 12.7. The Bertz CT molecular complexity index is 528. The molecule has 116 valence electrons. The van der Waals surface area contributed by atoms with E-state index in [1.165, 1.54) is 6.26 Å². The summed E-state index contributed by atoms with van der Waals surface area (Å²) in [5.41, 5.74) is 0.391. The molecule has 1 aromatic rings. The van der Waals surface area contributed by atoms with E-state index < -0.39 is 5.54 Å². The number of hydrogen-bond donors (Lipinski definition) is 1. The van der Waals surface area contributed by atoms with E-state index in [4.69, 9.17) is 9.26 Å². The molecule has 1 N–H and O–H groups in total. The molecular formula is C14H21N3O4. The zero-order valence-corrected chi connectivity index (χ0v) is 12.6. The minimum absolute atomic E-state index is 0.103. The number of hydrogen-bond acceptors (Lipinski definition) is 5. The quantitative estimate of drug-likeness (QED) is 0.866. The van der Waals surface area contributed by atoms with Gasteiger partial charge >= 0.3 is 0 Å². The van der Waals surface area contributed by atoms with Gasteiger partial charge in [0, 0.05) is 20.7 Å². The highest BCUT2D eigenvalue weighted by molar-refractivity contribution is 5.96. The van der Waals surface area contributed by atoms with Crippen molar-refractivity contribution in [2.24, 2.45) is 0 Å². The predicted molar refractivity (Wildman–Crippen MR) is 74.8 cm³/mol. The molecule has 1 atom stereocenters. The van der Waals surface area contributed by atoms with E-state index in [0.29, 0.717) is 24.4 Å². The van der Waals surface area contributed by atoms with Crippen LogP contribution in [0.5, 0.6) is 0 Å². The Hall–Kier alpha value is -1.89. The largest absolute Gasteiger partial charge is 0.382 e. The van der Waals surface area contributed by atoms with Crippen LogP contribution in [0.25, 0.3) is 0 Å². The fourth-order valence-electron chi connectivity index (χ4n) is 2.94.